The first-order valence-corrected chi connectivity index (χ1v) is 10.7. The molecule has 0 radical (unpaired) electrons. The SMILES string of the molecule is Br.COC(=O)c1cc(-c2csc(Nc3cc(OC)ccc3OC)n2)c(SC)s1. The molecule has 0 atom stereocenters. The first kappa shape index (κ1) is 22.5. The van der Waals surface area contributed by atoms with Crippen LogP contribution in [-0.2, 0) is 4.74 Å². The summed E-state index contributed by atoms with van der Waals surface area (Å²) in [6.45, 7) is 0. The Morgan fingerprint density at radius 1 is 1.18 bits per heavy atom. The number of carbonyl (C=O) groups is 1. The first-order valence-electron chi connectivity index (χ1n) is 7.80. The monoisotopic (exact) mass is 502 g/mol. The van der Waals surface area contributed by atoms with Crippen LogP contribution in [0.3, 0.4) is 0 Å². The number of anilines is 2. The van der Waals surface area contributed by atoms with Gasteiger partial charge in [0, 0.05) is 17.0 Å². The van der Waals surface area contributed by atoms with Gasteiger partial charge >= 0.3 is 5.97 Å². The van der Waals surface area contributed by atoms with Gasteiger partial charge in [-0.05, 0) is 24.5 Å². The average molecular weight is 503 g/mol. The van der Waals surface area contributed by atoms with Crippen molar-refractivity contribution in [2.45, 2.75) is 4.21 Å². The normalized spacial score (nSPS) is 10.1. The second-order valence-electron chi connectivity index (χ2n) is 5.24. The molecular weight excluding hydrogens is 484 g/mol. The van der Waals surface area contributed by atoms with Crippen molar-refractivity contribution in [2.24, 2.45) is 0 Å². The standard InChI is InChI=1S/C18H18N2O4S3.BrH/c1-22-10-5-6-14(23-2)12(7-10)19-18-20-13(9-26-18)11-8-15(16(21)24-3)27-17(11)25-4;/h5-9H,1-4H3,(H,19,20);1H. The zero-order valence-electron chi connectivity index (χ0n) is 15.6. The summed E-state index contributed by atoms with van der Waals surface area (Å²) in [4.78, 5) is 17.1. The third-order valence-electron chi connectivity index (χ3n) is 3.70. The van der Waals surface area contributed by atoms with Gasteiger partial charge in [0.1, 0.15) is 16.4 Å². The van der Waals surface area contributed by atoms with Gasteiger partial charge in [-0.2, -0.15) is 0 Å². The van der Waals surface area contributed by atoms with Gasteiger partial charge in [0.05, 0.1) is 36.9 Å². The molecule has 0 aliphatic heterocycles. The van der Waals surface area contributed by atoms with Crippen LogP contribution in [0.2, 0.25) is 0 Å². The maximum absolute atomic E-state index is 11.8. The number of carbonyl (C=O) groups excluding carboxylic acids is 1. The summed E-state index contributed by atoms with van der Waals surface area (Å²) in [5.41, 5.74) is 2.50. The number of nitrogens with zero attached hydrogens (tertiary/aromatic N) is 1. The first-order chi connectivity index (χ1) is 13.1. The van der Waals surface area contributed by atoms with Crippen molar-refractivity contribution in [3.8, 4) is 22.8 Å². The Balaban J connectivity index is 0.00000280. The number of benzene rings is 1. The van der Waals surface area contributed by atoms with Crippen LogP contribution in [0.25, 0.3) is 11.3 Å². The highest BCUT2D eigenvalue weighted by molar-refractivity contribution is 8.93. The van der Waals surface area contributed by atoms with E-state index in [0.717, 1.165) is 32.0 Å². The molecule has 10 heteroatoms. The summed E-state index contributed by atoms with van der Waals surface area (Å²) in [6, 6.07) is 7.35. The zero-order chi connectivity index (χ0) is 19.4. The quantitative estimate of drug-likeness (QED) is 0.327. The molecule has 3 aromatic rings. The Labute approximate surface area is 186 Å². The van der Waals surface area contributed by atoms with E-state index < -0.39 is 0 Å². The van der Waals surface area contributed by atoms with E-state index >= 15 is 0 Å². The number of rotatable bonds is 7. The summed E-state index contributed by atoms with van der Waals surface area (Å²) in [5.74, 6) is 1.08. The molecule has 0 bridgehead atoms. The fourth-order valence-corrected chi connectivity index (χ4v) is 4.91. The summed E-state index contributed by atoms with van der Waals surface area (Å²) in [5, 5.41) is 5.95. The van der Waals surface area contributed by atoms with Gasteiger partial charge in [0.25, 0.3) is 0 Å². The van der Waals surface area contributed by atoms with Crippen LogP contribution in [0.15, 0.2) is 33.9 Å². The topological polar surface area (TPSA) is 69.7 Å². The van der Waals surface area contributed by atoms with E-state index in [1.54, 1.807) is 26.0 Å². The number of thioether (sulfide) groups is 1. The number of halogens is 1. The van der Waals surface area contributed by atoms with Crippen molar-refractivity contribution in [1.29, 1.82) is 0 Å². The lowest BCUT2D eigenvalue weighted by Gasteiger charge is -2.10. The number of hydrogen-bond acceptors (Lipinski definition) is 9. The minimum absolute atomic E-state index is 0. The van der Waals surface area contributed by atoms with Crippen LogP contribution in [0.1, 0.15) is 9.67 Å². The lowest BCUT2D eigenvalue weighted by molar-refractivity contribution is 0.0606. The average Bonchev–Trinajstić information content (AvgIpc) is 3.33. The van der Waals surface area contributed by atoms with E-state index in [2.05, 4.69) is 10.3 Å². The molecule has 0 spiro atoms. The minimum atomic E-state index is -0.337. The molecule has 6 nitrogen and oxygen atoms in total. The largest absolute Gasteiger partial charge is 0.497 e. The molecule has 0 saturated heterocycles. The predicted octanol–water partition coefficient (Wildman–Crippen LogP) is 5.72. The van der Waals surface area contributed by atoms with Gasteiger partial charge in [0.15, 0.2) is 5.13 Å². The molecule has 0 saturated carbocycles. The maximum Gasteiger partial charge on any atom is 0.348 e. The molecule has 0 fully saturated rings. The Bertz CT molecular complexity index is 958. The van der Waals surface area contributed by atoms with Gasteiger partial charge in [-0.15, -0.1) is 51.4 Å². The Hall–Kier alpha value is -1.75. The smallest absolute Gasteiger partial charge is 0.348 e. The van der Waals surface area contributed by atoms with Crippen molar-refractivity contribution in [3.63, 3.8) is 0 Å². The van der Waals surface area contributed by atoms with Crippen LogP contribution >= 0.6 is 51.4 Å². The predicted molar refractivity (Wildman–Crippen MR) is 122 cm³/mol. The van der Waals surface area contributed by atoms with E-state index in [1.165, 1.54) is 29.8 Å². The summed E-state index contributed by atoms with van der Waals surface area (Å²) in [6.07, 6.45) is 1.98. The highest BCUT2D eigenvalue weighted by atomic mass is 79.9. The highest BCUT2D eigenvalue weighted by Gasteiger charge is 2.18. The number of aromatic nitrogens is 1. The lowest BCUT2D eigenvalue weighted by Crippen LogP contribution is -1.97. The van der Waals surface area contributed by atoms with E-state index in [4.69, 9.17) is 14.2 Å². The maximum atomic E-state index is 11.8. The van der Waals surface area contributed by atoms with Gasteiger partial charge in [-0.25, -0.2) is 9.78 Å². The van der Waals surface area contributed by atoms with Crippen LogP contribution in [-0.4, -0.2) is 38.5 Å². The van der Waals surface area contributed by atoms with E-state index in [9.17, 15) is 4.79 Å². The molecule has 28 heavy (non-hydrogen) atoms. The molecule has 1 N–H and O–H groups in total. The number of thiazole rings is 1. The van der Waals surface area contributed by atoms with Crippen LogP contribution in [0.5, 0.6) is 11.5 Å². The molecule has 0 amide bonds. The zero-order valence-corrected chi connectivity index (χ0v) is 19.8. The second-order valence-corrected chi connectivity index (χ2v) is 8.22. The van der Waals surface area contributed by atoms with E-state index in [1.807, 2.05) is 35.9 Å². The molecule has 0 aliphatic carbocycles. The number of thiophene rings is 1. The van der Waals surface area contributed by atoms with Crippen molar-refractivity contribution < 1.29 is 19.0 Å². The van der Waals surface area contributed by atoms with Gasteiger partial charge in [-0.3, -0.25) is 0 Å². The minimum Gasteiger partial charge on any atom is -0.497 e. The molecule has 1 aromatic carbocycles. The lowest BCUT2D eigenvalue weighted by atomic mass is 10.2. The van der Waals surface area contributed by atoms with Crippen LogP contribution in [0.4, 0.5) is 10.8 Å². The summed E-state index contributed by atoms with van der Waals surface area (Å²) in [7, 11) is 4.62. The fourth-order valence-electron chi connectivity index (χ4n) is 2.39. The number of ether oxygens (including phenoxy) is 3. The Morgan fingerprint density at radius 2 is 1.96 bits per heavy atom. The molecule has 150 valence electrons. The van der Waals surface area contributed by atoms with Crippen molar-refractivity contribution in [2.75, 3.05) is 32.9 Å². The van der Waals surface area contributed by atoms with Crippen LogP contribution in [0, 0.1) is 0 Å². The van der Waals surface area contributed by atoms with E-state index in [-0.39, 0.29) is 23.0 Å². The van der Waals surface area contributed by atoms with Crippen molar-refractivity contribution in [1.82, 2.24) is 4.98 Å². The third-order valence-corrected chi connectivity index (χ3v) is 6.71. The van der Waals surface area contributed by atoms with Crippen LogP contribution < -0.4 is 14.8 Å². The molecule has 0 aliphatic rings. The second kappa shape index (κ2) is 10.1. The number of nitrogens with one attached hydrogen (secondary N) is 1. The summed E-state index contributed by atoms with van der Waals surface area (Å²) >= 11 is 4.46. The third kappa shape index (κ3) is 4.80. The molecule has 2 heterocycles. The Morgan fingerprint density at radius 3 is 2.61 bits per heavy atom. The summed E-state index contributed by atoms with van der Waals surface area (Å²) < 4.78 is 16.5. The highest BCUT2D eigenvalue weighted by Crippen LogP contribution is 2.40. The van der Waals surface area contributed by atoms with Gasteiger partial charge < -0.3 is 19.5 Å². The number of esters is 1. The fraction of sp³-hybridized carbons (Fsp3) is 0.222. The molecule has 2 aromatic heterocycles. The molecule has 0 unspecified atom stereocenters. The molecule has 3 rings (SSSR count). The number of hydrogen-bond donors (Lipinski definition) is 1. The van der Waals surface area contributed by atoms with Crippen molar-refractivity contribution >= 4 is 68.2 Å². The molecular formula is C18H19BrN2O4S3. The van der Waals surface area contributed by atoms with Gasteiger partial charge in [-0.1, -0.05) is 0 Å². The van der Waals surface area contributed by atoms with Crippen molar-refractivity contribution in [3.05, 3.63) is 34.5 Å². The Kier molecular flexibility index (Phi) is 8.17. The van der Waals surface area contributed by atoms with Gasteiger partial charge in [0.2, 0.25) is 0 Å². The van der Waals surface area contributed by atoms with E-state index in [0.29, 0.717) is 10.6 Å². The number of methoxy groups -OCH3 is 3.